The highest BCUT2D eigenvalue weighted by Crippen LogP contribution is 2.14. The Morgan fingerprint density at radius 2 is 1.55 bits per heavy atom. The van der Waals surface area contributed by atoms with Gasteiger partial charge in [-0.3, -0.25) is 9.59 Å². The van der Waals surface area contributed by atoms with Crippen LogP contribution >= 0.6 is 0 Å². The predicted octanol–water partition coefficient (Wildman–Crippen LogP) is 4.46. The highest BCUT2D eigenvalue weighted by Gasteiger charge is 2.14. The molecule has 0 aliphatic rings. The van der Waals surface area contributed by atoms with Crippen molar-refractivity contribution >= 4 is 17.5 Å². The van der Waals surface area contributed by atoms with Crippen LogP contribution < -0.4 is 15.4 Å². The topological polar surface area (TPSA) is 70.7 Å². The van der Waals surface area contributed by atoms with Gasteiger partial charge in [-0.2, -0.15) is 0 Å². The van der Waals surface area contributed by atoms with Gasteiger partial charge in [-0.15, -0.1) is 0 Å². The Morgan fingerprint density at radius 3 is 2.10 bits per heavy atom. The zero-order valence-corrected chi connectivity index (χ0v) is 19.1. The second-order valence-corrected chi connectivity index (χ2v) is 7.81. The van der Waals surface area contributed by atoms with Gasteiger partial charge in [-0.25, -0.2) is 0 Å². The van der Waals surface area contributed by atoms with E-state index in [9.17, 15) is 9.59 Å². The fourth-order valence-electron chi connectivity index (χ4n) is 3.17. The highest BCUT2D eigenvalue weighted by molar-refractivity contribution is 5.94. The van der Waals surface area contributed by atoms with Crippen molar-refractivity contribution in [3.8, 4) is 5.75 Å². The summed E-state index contributed by atoms with van der Waals surface area (Å²) in [5.74, 6) is 0.777. The molecule has 0 saturated carbocycles. The van der Waals surface area contributed by atoms with E-state index in [1.165, 1.54) is 0 Å². The van der Waals surface area contributed by atoms with Crippen LogP contribution in [0.5, 0.6) is 5.75 Å². The first kappa shape index (κ1) is 24.3. The molecule has 0 spiro atoms. The number of amides is 2. The smallest absolute Gasteiger partial charge is 0.253 e. The molecular weight excluding hydrogens is 390 g/mol. The van der Waals surface area contributed by atoms with Gasteiger partial charge in [0, 0.05) is 30.9 Å². The number of carbonyl (C=O) groups excluding carboxylic acids is 2. The Bertz CT molecular complexity index is 811. The number of benzene rings is 2. The van der Waals surface area contributed by atoms with Crippen LogP contribution in [-0.4, -0.2) is 42.5 Å². The standard InChI is InChI=1S/C25H35N3O3/c1-5-15-28(16-6-2)25(30)21-9-11-22(12-10-21)26-18-24(29)27-17-20-7-13-23(14-8-20)31-19(3)4/h7-14,19,26H,5-6,15-18H2,1-4H3,(H,27,29). The lowest BCUT2D eigenvalue weighted by molar-refractivity contribution is -0.119. The minimum absolute atomic E-state index is 0.0535. The average Bonchev–Trinajstić information content (AvgIpc) is 2.76. The van der Waals surface area contributed by atoms with Gasteiger partial charge in [0.25, 0.3) is 5.91 Å². The molecule has 168 valence electrons. The average molecular weight is 426 g/mol. The zero-order chi connectivity index (χ0) is 22.6. The van der Waals surface area contributed by atoms with Crippen molar-refractivity contribution in [1.29, 1.82) is 0 Å². The van der Waals surface area contributed by atoms with Crippen molar-refractivity contribution in [3.05, 3.63) is 59.7 Å². The van der Waals surface area contributed by atoms with E-state index >= 15 is 0 Å². The lowest BCUT2D eigenvalue weighted by Crippen LogP contribution is -2.32. The first-order valence-corrected chi connectivity index (χ1v) is 11.1. The van der Waals surface area contributed by atoms with Crippen LogP contribution in [0.2, 0.25) is 0 Å². The molecule has 6 nitrogen and oxygen atoms in total. The van der Waals surface area contributed by atoms with E-state index in [4.69, 9.17) is 4.74 Å². The van der Waals surface area contributed by atoms with Gasteiger partial charge < -0.3 is 20.3 Å². The molecule has 0 saturated heterocycles. The van der Waals surface area contributed by atoms with Gasteiger partial charge in [-0.05, 0) is 68.7 Å². The molecule has 0 aliphatic carbocycles. The van der Waals surface area contributed by atoms with E-state index in [-0.39, 0.29) is 24.5 Å². The molecule has 2 aromatic carbocycles. The number of hydrogen-bond acceptors (Lipinski definition) is 4. The van der Waals surface area contributed by atoms with Gasteiger partial charge in [0.1, 0.15) is 5.75 Å². The van der Waals surface area contributed by atoms with E-state index < -0.39 is 0 Å². The predicted molar refractivity (Wildman–Crippen MR) is 125 cm³/mol. The number of rotatable bonds is 12. The molecule has 0 aromatic heterocycles. The van der Waals surface area contributed by atoms with Crippen LogP contribution in [0.15, 0.2) is 48.5 Å². The maximum absolute atomic E-state index is 12.6. The van der Waals surface area contributed by atoms with Gasteiger partial charge in [-0.1, -0.05) is 26.0 Å². The molecular formula is C25H35N3O3. The monoisotopic (exact) mass is 425 g/mol. The van der Waals surface area contributed by atoms with Crippen LogP contribution in [0.1, 0.15) is 56.5 Å². The normalized spacial score (nSPS) is 10.6. The molecule has 6 heteroatoms. The minimum atomic E-state index is -0.0975. The Labute approximate surface area is 186 Å². The van der Waals surface area contributed by atoms with Crippen LogP contribution in [0.4, 0.5) is 5.69 Å². The van der Waals surface area contributed by atoms with Gasteiger partial charge in [0.05, 0.1) is 12.6 Å². The molecule has 0 heterocycles. The number of nitrogens with zero attached hydrogens (tertiary/aromatic N) is 1. The molecule has 0 unspecified atom stereocenters. The SMILES string of the molecule is CCCN(CCC)C(=O)c1ccc(NCC(=O)NCc2ccc(OC(C)C)cc2)cc1. The number of nitrogens with one attached hydrogen (secondary N) is 2. The van der Waals surface area contributed by atoms with Crippen LogP contribution in [0.3, 0.4) is 0 Å². The number of anilines is 1. The third-order valence-corrected chi connectivity index (χ3v) is 4.64. The van der Waals surface area contributed by atoms with Gasteiger partial charge in [0.2, 0.25) is 5.91 Å². The molecule has 0 bridgehead atoms. The molecule has 0 aliphatic heterocycles. The number of hydrogen-bond donors (Lipinski definition) is 2. The quantitative estimate of drug-likeness (QED) is 0.527. The summed E-state index contributed by atoms with van der Waals surface area (Å²) < 4.78 is 5.62. The van der Waals surface area contributed by atoms with Crippen LogP contribution in [0, 0.1) is 0 Å². The van der Waals surface area contributed by atoms with Crippen molar-refractivity contribution in [2.24, 2.45) is 0 Å². The van der Waals surface area contributed by atoms with Crippen molar-refractivity contribution in [3.63, 3.8) is 0 Å². The molecule has 0 radical (unpaired) electrons. The summed E-state index contributed by atoms with van der Waals surface area (Å²) in [6.07, 6.45) is 2.02. The third kappa shape index (κ3) is 8.32. The molecule has 0 atom stereocenters. The summed E-state index contributed by atoms with van der Waals surface area (Å²) in [4.78, 5) is 26.7. The van der Waals surface area contributed by atoms with Crippen molar-refractivity contribution < 1.29 is 14.3 Å². The van der Waals surface area contributed by atoms with Crippen LogP contribution in [0.25, 0.3) is 0 Å². The highest BCUT2D eigenvalue weighted by atomic mass is 16.5. The summed E-state index contributed by atoms with van der Waals surface area (Å²) in [5, 5.41) is 6.00. The van der Waals surface area contributed by atoms with Gasteiger partial charge in [0.15, 0.2) is 0 Å². The largest absolute Gasteiger partial charge is 0.491 e. The van der Waals surface area contributed by atoms with E-state index in [2.05, 4.69) is 24.5 Å². The van der Waals surface area contributed by atoms with E-state index in [0.717, 1.165) is 42.9 Å². The fraction of sp³-hybridized carbons (Fsp3) is 0.440. The molecule has 2 rings (SSSR count). The fourth-order valence-corrected chi connectivity index (χ4v) is 3.17. The first-order chi connectivity index (χ1) is 14.9. The summed E-state index contributed by atoms with van der Waals surface area (Å²) in [6, 6.07) is 15.0. The molecule has 2 aromatic rings. The Kier molecular flexibility index (Phi) is 9.88. The molecule has 31 heavy (non-hydrogen) atoms. The Balaban J connectivity index is 1.79. The maximum Gasteiger partial charge on any atom is 0.253 e. The number of ether oxygens (including phenoxy) is 1. The lowest BCUT2D eigenvalue weighted by Gasteiger charge is -2.21. The Hall–Kier alpha value is -3.02. The minimum Gasteiger partial charge on any atom is -0.491 e. The second kappa shape index (κ2) is 12.6. The second-order valence-electron chi connectivity index (χ2n) is 7.81. The summed E-state index contributed by atoms with van der Waals surface area (Å²) in [6.45, 7) is 10.3. The number of carbonyl (C=O) groups is 2. The Morgan fingerprint density at radius 1 is 0.935 bits per heavy atom. The maximum atomic E-state index is 12.6. The summed E-state index contributed by atoms with van der Waals surface area (Å²) in [5.41, 5.74) is 2.48. The zero-order valence-electron chi connectivity index (χ0n) is 19.1. The summed E-state index contributed by atoms with van der Waals surface area (Å²) in [7, 11) is 0. The first-order valence-electron chi connectivity index (χ1n) is 11.1. The van der Waals surface area contributed by atoms with Crippen molar-refractivity contribution in [2.45, 2.75) is 53.2 Å². The molecule has 0 fully saturated rings. The van der Waals surface area contributed by atoms with Crippen molar-refractivity contribution in [1.82, 2.24) is 10.2 Å². The van der Waals surface area contributed by atoms with Crippen LogP contribution in [-0.2, 0) is 11.3 Å². The van der Waals surface area contributed by atoms with Gasteiger partial charge >= 0.3 is 0 Å². The van der Waals surface area contributed by atoms with E-state index in [1.807, 2.05) is 67.3 Å². The lowest BCUT2D eigenvalue weighted by atomic mass is 10.1. The molecule has 2 N–H and O–H groups in total. The molecule has 2 amide bonds. The summed E-state index contributed by atoms with van der Waals surface area (Å²) >= 11 is 0. The van der Waals surface area contributed by atoms with Crippen molar-refractivity contribution in [2.75, 3.05) is 25.0 Å². The van der Waals surface area contributed by atoms with E-state index in [1.54, 1.807) is 0 Å². The third-order valence-electron chi connectivity index (χ3n) is 4.64. The van der Waals surface area contributed by atoms with E-state index in [0.29, 0.717) is 12.1 Å².